The Morgan fingerprint density at radius 1 is 1.14 bits per heavy atom. The van der Waals surface area contributed by atoms with Gasteiger partial charge in [0.2, 0.25) is 0 Å². The summed E-state index contributed by atoms with van der Waals surface area (Å²) in [5.41, 5.74) is 1.04. The largest absolute Gasteiger partial charge is 0.497 e. The first-order valence-electron chi connectivity index (χ1n) is 6.90. The van der Waals surface area contributed by atoms with Gasteiger partial charge >= 0.3 is 0 Å². The second-order valence-electron chi connectivity index (χ2n) is 4.83. The lowest BCUT2D eigenvalue weighted by Gasteiger charge is -2.28. The summed E-state index contributed by atoms with van der Waals surface area (Å²) < 4.78 is 19.8. The molecule has 1 saturated heterocycles. The minimum Gasteiger partial charge on any atom is -0.497 e. The Bertz CT molecular complexity index is 612. The van der Waals surface area contributed by atoms with Crippen molar-refractivity contribution in [1.82, 2.24) is 15.3 Å². The van der Waals surface area contributed by atoms with Crippen LogP contribution >= 0.6 is 0 Å². The van der Waals surface area contributed by atoms with Crippen LogP contribution in [0.4, 0.5) is 10.2 Å². The normalized spacial score (nSPS) is 15.0. The lowest BCUT2D eigenvalue weighted by atomic mass is 10.1. The molecule has 1 aliphatic rings. The van der Waals surface area contributed by atoms with Crippen molar-refractivity contribution in [3.63, 3.8) is 0 Å². The molecule has 1 fully saturated rings. The summed E-state index contributed by atoms with van der Waals surface area (Å²) in [6.45, 7) is 3.16. The minimum atomic E-state index is -0.371. The van der Waals surface area contributed by atoms with E-state index in [2.05, 4.69) is 15.3 Å². The number of hydrogen-bond acceptors (Lipinski definition) is 5. The molecule has 0 aliphatic carbocycles. The van der Waals surface area contributed by atoms with Crippen molar-refractivity contribution < 1.29 is 9.13 Å². The molecule has 0 bridgehead atoms. The lowest BCUT2D eigenvalue weighted by Crippen LogP contribution is -2.44. The van der Waals surface area contributed by atoms with Crippen LogP contribution in [0.5, 0.6) is 5.75 Å². The maximum atomic E-state index is 14.7. The SMILES string of the molecule is COc1ccc(-c2ncnc(N3CCNCC3)c2F)cc1. The molecule has 0 saturated carbocycles. The number of anilines is 1. The molecule has 2 aromatic rings. The Balaban J connectivity index is 1.95. The number of nitrogens with zero attached hydrogens (tertiary/aromatic N) is 3. The molecule has 0 unspecified atom stereocenters. The topological polar surface area (TPSA) is 50.3 Å². The van der Waals surface area contributed by atoms with Crippen LogP contribution in [0.1, 0.15) is 0 Å². The predicted molar refractivity (Wildman–Crippen MR) is 79.1 cm³/mol. The Hall–Kier alpha value is -2.21. The van der Waals surface area contributed by atoms with Crippen LogP contribution < -0.4 is 15.0 Å². The average Bonchev–Trinajstić information content (AvgIpc) is 2.56. The summed E-state index contributed by atoms with van der Waals surface area (Å²) in [4.78, 5) is 10.1. The maximum Gasteiger partial charge on any atom is 0.191 e. The van der Waals surface area contributed by atoms with Gasteiger partial charge in [-0.2, -0.15) is 0 Å². The summed E-state index contributed by atoms with van der Waals surface area (Å²) in [6, 6.07) is 7.18. The molecular weight excluding hydrogens is 271 g/mol. The van der Waals surface area contributed by atoms with Crippen LogP contribution in [0.25, 0.3) is 11.3 Å². The number of methoxy groups -OCH3 is 1. The van der Waals surface area contributed by atoms with Crippen molar-refractivity contribution in [2.75, 3.05) is 38.2 Å². The van der Waals surface area contributed by atoms with Gasteiger partial charge in [0.1, 0.15) is 17.8 Å². The van der Waals surface area contributed by atoms with Gasteiger partial charge in [-0.05, 0) is 24.3 Å². The van der Waals surface area contributed by atoms with E-state index in [4.69, 9.17) is 4.74 Å². The van der Waals surface area contributed by atoms with E-state index < -0.39 is 0 Å². The highest BCUT2D eigenvalue weighted by Crippen LogP contribution is 2.27. The first-order valence-corrected chi connectivity index (χ1v) is 6.90. The monoisotopic (exact) mass is 288 g/mol. The molecule has 0 radical (unpaired) electrons. The molecule has 1 aliphatic heterocycles. The molecule has 21 heavy (non-hydrogen) atoms. The van der Waals surface area contributed by atoms with Crippen molar-refractivity contribution in [3.8, 4) is 17.0 Å². The minimum absolute atomic E-state index is 0.321. The number of hydrogen-bond donors (Lipinski definition) is 1. The van der Waals surface area contributed by atoms with Crippen LogP contribution in [0.3, 0.4) is 0 Å². The van der Waals surface area contributed by atoms with Crippen LogP contribution in [0, 0.1) is 5.82 Å². The number of aromatic nitrogens is 2. The third kappa shape index (κ3) is 2.80. The van der Waals surface area contributed by atoms with E-state index in [9.17, 15) is 4.39 Å². The van der Waals surface area contributed by atoms with E-state index in [0.717, 1.165) is 31.9 Å². The fourth-order valence-corrected chi connectivity index (χ4v) is 2.41. The molecule has 110 valence electrons. The van der Waals surface area contributed by atoms with Gasteiger partial charge in [0.15, 0.2) is 11.6 Å². The van der Waals surface area contributed by atoms with Crippen molar-refractivity contribution >= 4 is 5.82 Å². The maximum absolute atomic E-state index is 14.7. The zero-order valence-electron chi connectivity index (χ0n) is 11.8. The molecule has 2 heterocycles. The number of halogens is 1. The molecule has 0 spiro atoms. The Morgan fingerprint density at radius 3 is 2.52 bits per heavy atom. The van der Waals surface area contributed by atoms with Crippen molar-refractivity contribution in [1.29, 1.82) is 0 Å². The number of nitrogens with one attached hydrogen (secondary N) is 1. The van der Waals surface area contributed by atoms with Crippen LogP contribution in [-0.2, 0) is 0 Å². The summed E-state index contributed by atoms with van der Waals surface area (Å²) in [5, 5.41) is 3.24. The average molecular weight is 288 g/mol. The van der Waals surface area contributed by atoms with Crippen LogP contribution in [0.2, 0.25) is 0 Å². The Morgan fingerprint density at radius 2 is 1.86 bits per heavy atom. The predicted octanol–water partition coefficient (Wildman–Crippen LogP) is 1.70. The van der Waals surface area contributed by atoms with Gasteiger partial charge < -0.3 is 15.0 Å². The van der Waals surface area contributed by atoms with Gasteiger partial charge in [-0.15, -0.1) is 0 Å². The fourth-order valence-electron chi connectivity index (χ4n) is 2.41. The molecule has 1 aromatic heterocycles. The van der Waals surface area contributed by atoms with Crippen molar-refractivity contribution in [3.05, 3.63) is 36.4 Å². The van der Waals surface area contributed by atoms with E-state index in [1.165, 1.54) is 6.33 Å². The van der Waals surface area contributed by atoms with Gasteiger partial charge in [-0.25, -0.2) is 14.4 Å². The number of piperazine rings is 1. The Kier molecular flexibility index (Phi) is 3.96. The van der Waals surface area contributed by atoms with Crippen molar-refractivity contribution in [2.24, 2.45) is 0 Å². The molecule has 0 amide bonds. The third-order valence-electron chi connectivity index (χ3n) is 3.55. The molecule has 0 atom stereocenters. The number of benzene rings is 1. The second kappa shape index (κ2) is 6.05. The molecule has 1 aromatic carbocycles. The van der Waals surface area contributed by atoms with E-state index >= 15 is 0 Å². The van der Waals surface area contributed by atoms with E-state index in [-0.39, 0.29) is 5.82 Å². The highest BCUT2D eigenvalue weighted by atomic mass is 19.1. The number of rotatable bonds is 3. The van der Waals surface area contributed by atoms with Gasteiger partial charge in [0, 0.05) is 31.7 Å². The second-order valence-corrected chi connectivity index (χ2v) is 4.83. The quantitative estimate of drug-likeness (QED) is 0.931. The van der Waals surface area contributed by atoms with Gasteiger partial charge in [-0.1, -0.05) is 0 Å². The highest BCUT2D eigenvalue weighted by Gasteiger charge is 2.19. The first kappa shape index (κ1) is 13.8. The van der Waals surface area contributed by atoms with Gasteiger partial charge in [0.25, 0.3) is 0 Å². The molecule has 3 rings (SSSR count). The summed E-state index contributed by atoms with van der Waals surface area (Å²) in [5.74, 6) is 0.734. The smallest absolute Gasteiger partial charge is 0.191 e. The molecule has 6 heteroatoms. The zero-order valence-corrected chi connectivity index (χ0v) is 11.8. The van der Waals surface area contributed by atoms with Gasteiger partial charge in [-0.3, -0.25) is 0 Å². The lowest BCUT2D eigenvalue weighted by molar-refractivity contribution is 0.415. The zero-order chi connectivity index (χ0) is 14.7. The van der Waals surface area contributed by atoms with Gasteiger partial charge in [0.05, 0.1) is 7.11 Å². The highest BCUT2D eigenvalue weighted by molar-refractivity contribution is 5.64. The van der Waals surface area contributed by atoms with E-state index in [0.29, 0.717) is 17.1 Å². The standard InChI is InChI=1S/C15H17FN4O/c1-21-12-4-2-11(3-5-12)14-13(16)15(19-10-18-14)20-8-6-17-7-9-20/h2-5,10,17H,6-9H2,1H3. The molecule has 5 nitrogen and oxygen atoms in total. The summed E-state index contributed by atoms with van der Waals surface area (Å²) in [6.07, 6.45) is 1.42. The fraction of sp³-hybridized carbons (Fsp3) is 0.333. The molecular formula is C15H17FN4O. The Labute approximate surface area is 122 Å². The number of ether oxygens (including phenoxy) is 1. The van der Waals surface area contributed by atoms with Crippen molar-refractivity contribution in [2.45, 2.75) is 0 Å². The summed E-state index contributed by atoms with van der Waals surface area (Å²) >= 11 is 0. The summed E-state index contributed by atoms with van der Waals surface area (Å²) in [7, 11) is 1.60. The first-order chi connectivity index (χ1) is 10.3. The molecule has 1 N–H and O–H groups in total. The third-order valence-corrected chi connectivity index (χ3v) is 3.55. The van der Waals surface area contributed by atoms with Crippen LogP contribution in [-0.4, -0.2) is 43.3 Å². The van der Waals surface area contributed by atoms with E-state index in [1.807, 2.05) is 4.90 Å². The van der Waals surface area contributed by atoms with Crippen LogP contribution in [0.15, 0.2) is 30.6 Å². The van der Waals surface area contributed by atoms with E-state index in [1.54, 1.807) is 31.4 Å².